The predicted molar refractivity (Wildman–Crippen MR) is 54.9 cm³/mol. The molecule has 0 atom stereocenters. The van der Waals surface area contributed by atoms with E-state index in [9.17, 15) is 0 Å². The van der Waals surface area contributed by atoms with Crippen molar-refractivity contribution in [1.82, 2.24) is 10.6 Å². The molecule has 0 aliphatic carbocycles. The van der Waals surface area contributed by atoms with Crippen LogP contribution in [0.25, 0.3) is 0 Å². The highest BCUT2D eigenvalue weighted by atomic mass is 15.0. The fraction of sp³-hybridized carbons (Fsp3) is 0.800. The predicted octanol–water partition coefficient (Wildman–Crippen LogP) is 2.23. The zero-order valence-corrected chi connectivity index (χ0v) is 9.15. The van der Waals surface area contributed by atoms with Gasteiger partial charge >= 0.3 is 0 Å². The Morgan fingerprint density at radius 3 is 1.08 bits per heavy atom. The van der Waals surface area contributed by atoms with Crippen LogP contribution in [-0.4, -0.2) is 11.1 Å². The molecule has 0 aromatic rings. The van der Waals surface area contributed by atoms with Gasteiger partial charge in [0.25, 0.3) is 0 Å². The van der Waals surface area contributed by atoms with Crippen LogP contribution in [0, 0.1) is 0 Å². The molecule has 0 amide bonds. The fourth-order valence-electron chi connectivity index (χ4n) is 0.583. The van der Waals surface area contributed by atoms with Gasteiger partial charge in [-0.1, -0.05) is 0 Å². The minimum atomic E-state index is 0.149. The second-order valence-electron chi connectivity index (χ2n) is 5.12. The smallest absolute Gasteiger partial charge is 0.0284 e. The highest BCUT2D eigenvalue weighted by molar-refractivity contribution is 4.87. The van der Waals surface area contributed by atoms with Crippen molar-refractivity contribution < 1.29 is 0 Å². The molecule has 0 spiro atoms. The average Bonchev–Trinajstić information content (AvgIpc) is 1.76. The summed E-state index contributed by atoms with van der Waals surface area (Å²) in [6.07, 6.45) is 3.90. The first-order valence-electron chi connectivity index (χ1n) is 4.41. The maximum atomic E-state index is 3.25. The normalized spacial score (nSPS) is 13.5. The van der Waals surface area contributed by atoms with E-state index in [2.05, 4.69) is 52.2 Å². The van der Waals surface area contributed by atoms with Crippen LogP contribution in [0.2, 0.25) is 0 Å². The number of hydrogen-bond donors (Lipinski definition) is 2. The van der Waals surface area contributed by atoms with Crippen LogP contribution in [0.5, 0.6) is 0 Å². The minimum Gasteiger partial charge on any atom is -0.385 e. The lowest BCUT2D eigenvalue weighted by molar-refractivity contribution is 0.471. The van der Waals surface area contributed by atoms with E-state index in [1.54, 1.807) is 0 Å². The summed E-state index contributed by atoms with van der Waals surface area (Å²) in [7, 11) is 0. The molecule has 0 saturated carbocycles. The van der Waals surface area contributed by atoms with E-state index >= 15 is 0 Å². The van der Waals surface area contributed by atoms with Gasteiger partial charge in [0.2, 0.25) is 0 Å². The van der Waals surface area contributed by atoms with Gasteiger partial charge in [-0.2, -0.15) is 0 Å². The monoisotopic (exact) mass is 170 g/mol. The molecule has 2 heteroatoms. The van der Waals surface area contributed by atoms with Crippen LogP contribution < -0.4 is 10.6 Å². The average molecular weight is 170 g/mol. The zero-order valence-electron chi connectivity index (χ0n) is 9.15. The second-order valence-corrected chi connectivity index (χ2v) is 5.12. The molecule has 2 N–H and O–H groups in total. The van der Waals surface area contributed by atoms with Gasteiger partial charge in [-0.15, -0.1) is 0 Å². The van der Waals surface area contributed by atoms with Crippen molar-refractivity contribution in [3.05, 3.63) is 12.4 Å². The lowest BCUT2D eigenvalue weighted by atomic mass is 10.1. The summed E-state index contributed by atoms with van der Waals surface area (Å²) in [4.78, 5) is 0. The highest BCUT2D eigenvalue weighted by Gasteiger charge is 2.06. The van der Waals surface area contributed by atoms with E-state index in [-0.39, 0.29) is 11.1 Å². The van der Waals surface area contributed by atoms with Crippen LogP contribution in [0.15, 0.2) is 12.4 Å². The maximum absolute atomic E-state index is 3.25. The quantitative estimate of drug-likeness (QED) is 0.664. The van der Waals surface area contributed by atoms with E-state index in [0.29, 0.717) is 0 Å². The number of nitrogens with one attached hydrogen (secondary N) is 2. The van der Waals surface area contributed by atoms with Crippen LogP contribution >= 0.6 is 0 Å². The summed E-state index contributed by atoms with van der Waals surface area (Å²) < 4.78 is 0. The molecule has 0 aromatic carbocycles. The van der Waals surface area contributed by atoms with Crippen molar-refractivity contribution in [2.75, 3.05) is 0 Å². The number of rotatable bonds is 2. The van der Waals surface area contributed by atoms with Gasteiger partial charge < -0.3 is 10.6 Å². The summed E-state index contributed by atoms with van der Waals surface area (Å²) in [5.74, 6) is 0. The Morgan fingerprint density at radius 1 is 0.667 bits per heavy atom. The van der Waals surface area contributed by atoms with Crippen molar-refractivity contribution >= 4 is 0 Å². The van der Waals surface area contributed by atoms with Crippen LogP contribution in [0.1, 0.15) is 41.5 Å². The first-order valence-corrected chi connectivity index (χ1v) is 4.41. The molecule has 0 radical (unpaired) electrons. The molecule has 0 unspecified atom stereocenters. The van der Waals surface area contributed by atoms with Gasteiger partial charge in [0, 0.05) is 23.5 Å². The van der Waals surface area contributed by atoms with Crippen molar-refractivity contribution in [2.45, 2.75) is 52.6 Å². The molecular formula is C10H22N2. The van der Waals surface area contributed by atoms with Crippen LogP contribution in [0.4, 0.5) is 0 Å². The van der Waals surface area contributed by atoms with E-state index in [0.717, 1.165) is 0 Å². The summed E-state index contributed by atoms with van der Waals surface area (Å²) in [6.45, 7) is 12.8. The van der Waals surface area contributed by atoms with E-state index < -0.39 is 0 Å². The van der Waals surface area contributed by atoms with Gasteiger partial charge in [-0.3, -0.25) is 0 Å². The minimum absolute atomic E-state index is 0.149. The van der Waals surface area contributed by atoms with E-state index in [1.807, 2.05) is 12.4 Å². The van der Waals surface area contributed by atoms with Crippen molar-refractivity contribution in [3.63, 3.8) is 0 Å². The second kappa shape index (κ2) is 3.83. The third-order valence-corrected chi connectivity index (χ3v) is 1.12. The zero-order chi connectivity index (χ0) is 9.83. The Kier molecular flexibility index (Phi) is 3.62. The highest BCUT2D eigenvalue weighted by Crippen LogP contribution is 1.99. The van der Waals surface area contributed by atoms with Gasteiger partial charge in [-0.25, -0.2) is 0 Å². The Morgan fingerprint density at radius 2 is 0.917 bits per heavy atom. The fourth-order valence-corrected chi connectivity index (χ4v) is 0.583. The Hall–Kier alpha value is -0.660. The first kappa shape index (κ1) is 11.3. The molecule has 2 nitrogen and oxygen atoms in total. The molecule has 0 heterocycles. The van der Waals surface area contributed by atoms with Crippen LogP contribution in [-0.2, 0) is 0 Å². The molecule has 0 aliphatic heterocycles. The first-order chi connectivity index (χ1) is 5.21. The van der Waals surface area contributed by atoms with Gasteiger partial charge in [0.05, 0.1) is 0 Å². The lowest BCUT2D eigenvalue weighted by Crippen LogP contribution is -2.34. The van der Waals surface area contributed by atoms with Gasteiger partial charge in [0.1, 0.15) is 0 Å². The lowest BCUT2D eigenvalue weighted by Gasteiger charge is -2.21. The molecule has 0 aliphatic rings. The third-order valence-electron chi connectivity index (χ3n) is 1.12. The maximum Gasteiger partial charge on any atom is 0.0284 e. The summed E-state index contributed by atoms with van der Waals surface area (Å²) in [5, 5.41) is 6.50. The SMILES string of the molecule is CC(C)(C)N/C=C\NC(C)(C)C. The van der Waals surface area contributed by atoms with E-state index in [4.69, 9.17) is 0 Å². The van der Waals surface area contributed by atoms with Gasteiger partial charge in [-0.05, 0) is 41.5 Å². The summed E-state index contributed by atoms with van der Waals surface area (Å²) in [5.41, 5.74) is 0.298. The van der Waals surface area contributed by atoms with Crippen molar-refractivity contribution in [2.24, 2.45) is 0 Å². The molecule has 0 bridgehead atoms. The van der Waals surface area contributed by atoms with Crippen molar-refractivity contribution in [3.8, 4) is 0 Å². The summed E-state index contributed by atoms with van der Waals surface area (Å²) >= 11 is 0. The molecule has 0 rings (SSSR count). The molecule has 0 aromatic heterocycles. The summed E-state index contributed by atoms with van der Waals surface area (Å²) in [6, 6.07) is 0. The Labute approximate surface area is 76.4 Å². The molecule has 12 heavy (non-hydrogen) atoms. The Balaban J connectivity index is 3.66. The third kappa shape index (κ3) is 9.34. The Bertz CT molecular complexity index is 128. The molecule has 0 saturated heterocycles. The van der Waals surface area contributed by atoms with Crippen molar-refractivity contribution in [1.29, 1.82) is 0 Å². The van der Waals surface area contributed by atoms with E-state index in [1.165, 1.54) is 0 Å². The van der Waals surface area contributed by atoms with Gasteiger partial charge in [0.15, 0.2) is 0 Å². The molecular weight excluding hydrogens is 148 g/mol. The topological polar surface area (TPSA) is 24.1 Å². The van der Waals surface area contributed by atoms with Crippen LogP contribution in [0.3, 0.4) is 0 Å². The molecule has 0 fully saturated rings. The molecule has 72 valence electrons. The largest absolute Gasteiger partial charge is 0.385 e. The number of hydrogen-bond acceptors (Lipinski definition) is 2. The standard InChI is InChI=1S/C10H22N2/c1-9(2,3)11-7-8-12-10(4,5)6/h7-8,11-12H,1-6H3/b8-7-.